The Labute approximate surface area is 83.2 Å². The zero-order valence-corrected chi connectivity index (χ0v) is 9.08. The maximum Gasteiger partial charge on any atom is 0.0990 e. The second-order valence-electron chi connectivity index (χ2n) is 4.12. The summed E-state index contributed by atoms with van der Waals surface area (Å²) in [5, 5.41) is 1.33. The Bertz CT molecular complexity index is 313. The van der Waals surface area contributed by atoms with Crippen LogP contribution in [0.2, 0.25) is 0 Å². The zero-order valence-electron chi connectivity index (χ0n) is 8.26. The van der Waals surface area contributed by atoms with Crippen LogP contribution in [-0.4, -0.2) is 11.5 Å². The van der Waals surface area contributed by atoms with Gasteiger partial charge >= 0.3 is 0 Å². The Balaban J connectivity index is 2.24. The first-order valence-electron chi connectivity index (χ1n) is 4.82. The van der Waals surface area contributed by atoms with Crippen molar-refractivity contribution in [2.75, 3.05) is 6.54 Å². The van der Waals surface area contributed by atoms with Crippen molar-refractivity contribution in [3.05, 3.63) is 15.6 Å². The summed E-state index contributed by atoms with van der Waals surface area (Å²) in [5.41, 5.74) is 7.17. The molecular weight excluding hydrogens is 180 g/mol. The third kappa shape index (κ3) is 1.63. The van der Waals surface area contributed by atoms with Crippen molar-refractivity contribution in [3.8, 4) is 0 Å². The highest BCUT2D eigenvalue weighted by Gasteiger charge is 2.42. The van der Waals surface area contributed by atoms with Crippen LogP contribution >= 0.6 is 11.3 Å². The Kier molecular flexibility index (Phi) is 2.16. The third-order valence-electron chi connectivity index (χ3n) is 2.79. The maximum absolute atomic E-state index is 5.53. The van der Waals surface area contributed by atoms with Gasteiger partial charge in [-0.25, -0.2) is 4.98 Å². The van der Waals surface area contributed by atoms with Gasteiger partial charge in [-0.2, -0.15) is 0 Å². The van der Waals surface area contributed by atoms with Crippen LogP contribution < -0.4 is 5.73 Å². The van der Waals surface area contributed by atoms with E-state index in [1.807, 2.05) is 11.3 Å². The van der Waals surface area contributed by atoms with Crippen molar-refractivity contribution >= 4 is 11.3 Å². The van der Waals surface area contributed by atoms with E-state index >= 15 is 0 Å². The van der Waals surface area contributed by atoms with E-state index in [-0.39, 0.29) is 0 Å². The molecular formula is C10H16N2S. The molecule has 13 heavy (non-hydrogen) atoms. The topological polar surface area (TPSA) is 38.9 Å². The lowest BCUT2D eigenvalue weighted by atomic mass is 10.1. The van der Waals surface area contributed by atoms with Gasteiger partial charge < -0.3 is 5.73 Å². The fraction of sp³-hybridized carbons (Fsp3) is 0.700. The summed E-state index contributed by atoms with van der Waals surface area (Å²) in [6.45, 7) is 5.16. The predicted octanol–water partition coefficient (Wildman–Crippen LogP) is 2.00. The van der Waals surface area contributed by atoms with Crippen molar-refractivity contribution < 1.29 is 0 Å². The highest BCUT2D eigenvalue weighted by atomic mass is 32.1. The minimum absolute atomic E-state index is 0.419. The number of nitrogens with two attached hydrogens (primary N) is 1. The maximum atomic E-state index is 5.53. The number of hydrogen-bond donors (Lipinski definition) is 1. The lowest BCUT2D eigenvalue weighted by molar-refractivity contribution is 0.765. The third-order valence-corrected chi connectivity index (χ3v) is 4.11. The van der Waals surface area contributed by atoms with Crippen molar-refractivity contribution in [1.29, 1.82) is 0 Å². The van der Waals surface area contributed by atoms with Crippen LogP contribution in [0.25, 0.3) is 0 Å². The summed E-state index contributed by atoms with van der Waals surface area (Å²) >= 11 is 1.86. The van der Waals surface area contributed by atoms with Crippen LogP contribution in [0.3, 0.4) is 0 Å². The molecule has 2 nitrogen and oxygen atoms in total. The molecule has 0 atom stereocenters. The molecule has 1 aromatic rings. The Morgan fingerprint density at radius 3 is 2.77 bits per heavy atom. The van der Waals surface area contributed by atoms with Crippen LogP contribution in [0.15, 0.2) is 0 Å². The van der Waals surface area contributed by atoms with E-state index < -0.39 is 0 Å². The van der Waals surface area contributed by atoms with E-state index in [0.717, 1.165) is 6.42 Å². The SMILES string of the molecule is Cc1sc(C2(C)CC2)nc1CCN. The van der Waals surface area contributed by atoms with Gasteiger partial charge in [-0.1, -0.05) is 6.92 Å². The molecule has 1 aliphatic rings. The van der Waals surface area contributed by atoms with Crippen LogP contribution in [0.5, 0.6) is 0 Å². The number of aryl methyl sites for hydroxylation is 1. The highest BCUT2D eigenvalue weighted by molar-refractivity contribution is 7.11. The average Bonchev–Trinajstić information content (AvgIpc) is 2.72. The summed E-state index contributed by atoms with van der Waals surface area (Å²) < 4.78 is 0. The molecule has 0 aromatic carbocycles. The molecule has 2 rings (SSSR count). The molecule has 1 aliphatic carbocycles. The van der Waals surface area contributed by atoms with E-state index in [2.05, 4.69) is 18.8 Å². The van der Waals surface area contributed by atoms with Gasteiger partial charge in [-0.05, 0) is 26.3 Å². The van der Waals surface area contributed by atoms with Gasteiger partial charge in [0.1, 0.15) is 0 Å². The van der Waals surface area contributed by atoms with Crippen LogP contribution in [0.1, 0.15) is 35.3 Å². The second kappa shape index (κ2) is 3.07. The summed E-state index contributed by atoms with van der Waals surface area (Å²) in [5.74, 6) is 0. The van der Waals surface area contributed by atoms with Crippen LogP contribution in [0.4, 0.5) is 0 Å². The van der Waals surface area contributed by atoms with Gasteiger partial charge in [-0.15, -0.1) is 11.3 Å². The first kappa shape index (κ1) is 9.16. The lowest BCUT2D eigenvalue weighted by Crippen LogP contribution is -2.05. The Morgan fingerprint density at radius 2 is 2.23 bits per heavy atom. The van der Waals surface area contributed by atoms with E-state index in [9.17, 15) is 0 Å². The van der Waals surface area contributed by atoms with Crippen LogP contribution in [-0.2, 0) is 11.8 Å². The molecule has 0 amide bonds. The molecule has 1 heterocycles. The van der Waals surface area contributed by atoms with Crippen molar-refractivity contribution in [2.45, 2.75) is 38.5 Å². The first-order chi connectivity index (χ1) is 6.15. The molecule has 72 valence electrons. The molecule has 0 radical (unpaired) electrons. The summed E-state index contributed by atoms with van der Waals surface area (Å²) in [6.07, 6.45) is 3.54. The quantitative estimate of drug-likeness (QED) is 0.803. The molecule has 1 fully saturated rings. The number of aromatic nitrogens is 1. The molecule has 0 bridgehead atoms. The molecule has 0 spiro atoms. The second-order valence-corrected chi connectivity index (χ2v) is 5.32. The lowest BCUT2D eigenvalue weighted by Gasteiger charge is -2.00. The standard InChI is InChI=1S/C10H16N2S/c1-7-8(3-6-11)12-9(13-7)10(2)4-5-10/h3-6,11H2,1-2H3. The van der Waals surface area contributed by atoms with Gasteiger partial charge in [0, 0.05) is 16.7 Å². The van der Waals surface area contributed by atoms with E-state index in [1.165, 1.54) is 28.4 Å². The molecule has 2 N–H and O–H groups in total. The predicted molar refractivity (Wildman–Crippen MR) is 56.2 cm³/mol. The minimum Gasteiger partial charge on any atom is -0.330 e. The monoisotopic (exact) mass is 196 g/mol. The van der Waals surface area contributed by atoms with Crippen molar-refractivity contribution in [2.24, 2.45) is 5.73 Å². The van der Waals surface area contributed by atoms with Gasteiger partial charge in [-0.3, -0.25) is 0 Å². The van der Waals surface area contributed by atoms with Crippen molar-refractivity contribution in [3.63, 3.8) is 0 Å². The molecule has 1 saturated carbocycles. The Morgan fingerprint density at radius 1 is 1.54 bits per heavy atom. The minimum atomic E-state index is 0.419. The largest absolute Gasteiger partial charge is 0.330 e. The highest BCUT2D eigenvalue weighted by Crippen LogP contribution is 2.49. The average molecular weight is 196 g/mol. The van der Waals surface area contributed by atoms with Gasteiger partial charge in [0.2, 0.25) is 0 Å². The fourth-order valence-corrected chi connectivity index (χ4v) is 2.62. The smallest absolute Gasteiger partial charge is 0.0990 e. The van der Waals surface area contributed by atoms with E-state index in [1.54, 1.807) is 0 Å². The van der Waals surface area contributed by atoms with Gasteiger partial charge in [0.25, 0.3) is 0 Å². The van der Waals surface area contributed by atoms with E-state index in [4.69, 9.17) is 5.73 Å². The number of thiazole rings is 1. The fourth-order valence-electron chi connectivity index (χ4n) is 1.46. The zero-order chi connectivity index (χ0) is 9.47. The number of hydrogen-bond acceptors (Lipinski definition) is 3. The summed E-state index contributed by atoms with van der Waals surface area (Å²) in [6, 6.07) is 0. The molecule has 0 saturated heterocycles. The number of nitrogens with zero attached hydrogens (tertiary/aromatic N) is 1. The van der Waals surface area contributed by atoms with E-state index in [0.29, 0.717) is 12.0 Å². The summed E-state index contributed by atoms with van der Waals surface area (Å²) in [7, 11) is 0. The number of rotatable bonds is 3. The van der Waals surface area contributed by atoms with Gasteiger partial charge in [0.15, 0.2) is 0 Å². The molecule has 0 aliphatic heterocycles. The summed E-state index contributed by atoms with van der Waals surface area (Å²) in [4.78, 5) is 6.03. The van der Waals surface area contributed by atoms with Crippen molar-refractivity contribution in [1.82, 2.24) is 4.98 Å². The van der Waals surface area contributed by atoms with Gasteiger partial charge in [0.05, 0.1) is 10.7 Å². The molecule has 1 aromatic heterocycles. The van der Waals surface area contributed by atoms with Crippen LogP contribution in [0, 0.1) is 6.92 Å². The normalized spacial score (nSPS) is 19.0. The Hall–Kier alpha value is -0.410. The first-order valence-corrected chi connectivity index (χ1v) is 5.64. The molecule has 3 heteroatoms. The molecule has 0 unspecified atom stereocenters.